The number of hydrogen-bond acceptors (Lipinski definition) is 1. The van der Waals surface area contributed by atoms with Crippen LogP contribution in [0.25, 0.3) is 0 Å². The average molecular weight is 270 g/mol. The third kappa shape index (κ3) is 2.97. The third-order valence-corrected chi connectivity index (χ3v) is 3.70. The first-order valence-corrected chi connectivity index (χ1v) is 6.56. The zero-order chi connectivity index (χ0) is 11.4. The molecule has 0 aliphatic rings. The summed E-state index contributed by atoms with van der Waals surface area (Å²) in [6.07, 6.45) is 0. The lowest BCUT2D eigenvalue weighted by atomic mass is 10.0. The SMILES string of the molecule is CC(C)C(C)N(C)c1ccccc1CBr. The largest absolute Gasteiger partial charge is 0.371 e. The van der Waals surface area contributed by atoms with Gasteiger partial charge in [-0.2, -0.15) is 0 Å². The Bertz CT molecular complexity index is 309. The van der Waals surface area contributed by atoms with E-state index in [2.05, 4.69) is 72.9 Å². The van der Waals surface area contributed by atoms with Gasteiger partial charge in [0, 0.05) is 24.1 Å². The lowest BCUT2D eigenvalue weighted by Crippen LogP contribution is -2.33. The van der Waals surface area contributed by atoms with E-state index >= 15 is 0 Å². The Morgan fingerprint density at radius 3 is 2.33 bits per heavy atom. The molecule has 84 valence electrons. The standard InChI is InChI=1S/C13H20BrN/c1-10(2)11(3)15(4)13-8-6-5-7-12(13)9-14/h5-8,10-11H,9H2,1-4H3. The number of nitrogens with zero attached hydrogens (tertiary/aromatic N) is 1. The van der Waals surface area contributed by atoms with Crippen LogP contribution in [0.3, 0.4) is 0 Å². The fourth-order valence-corrected chi connectivity index (χ4v) is 2.11. The predicted molar refractivity (Wildman–Crippen MR) is 71.8 cm³/mol. The van der Waals surface area contributed by atoms with Gasteiger partial charge >= 0.3 is 0 Å². The van der Waals surface area contributed by atoms with E-state index in [9.17, 15) is 0 Å². The lowest BCUT2D eigenvalue weighted by molar-refractivity contribution is 0.505. The minimum atomic E-state index is 0.560. The summed E-state index contributed by atoms with van der Waals surface area (Å²) in [5, 5.41) is 0.915. The Labute approximate surface area is 102 Å². The van der Waals surface area contributed by atoms with Crippen molar-refractivity contribution in [3.63, 3.8) is 0 Å². The van der Waals surface area contributed by atoms with Crippen LogP contribution in [0.5, 0.6) is 0 Å². The van der Waals surface area contributed by atoms with Crippen LogP contribution in [0, 0.1) is 5.92 Å². The second kappa shape index (κ2) is 5.55. The van der Waals surface area contributed by atoms with Crippen LogP contribution >= 0.6 is 15.9 Å². The number of benzene rings is 1. The van der Waals surface area contributed by atoms with E-state index < -0.39 is 0 Å². The molecule has 0 heterocycles. The Hall–Kier alpha value is -0.500. The highest BCUT2D eigenvalue weighted by Gasteiger charge is 2.15. The van der Waals surface area contributed by atoms with Crippen molar-refractivity contribution >= 4 is 21.6 Å². The molecule has 1 unspecified atom stereocenters. The van der Waals surface area contributed by atoms with Crippen molar-refractivity contribution in [3.05, 3.63) is 29.8 Å². The van der Waals surface area contributed by atoms with Crippen LogP contribution < -0.4 is 4.90 Å². The second-order valence-corrected chi connectivity index (χ2v) is 4.92. The molecule has 0 saturated carbocycles. The number of halogens is 1. The van der Waals surface area contributed by atoms with Crippen LogP contribution in [0.4, 0.5) is 5.69 Å². The molecule has 0 spiro atoms. The van der Waals surface area contributed by atoms with E-state index in [0.717, 1.165) is 5.33 Å². The summed E-state index contributed by atoms with van der Waals surface area (Å²) in [5.74, 6) is 0.665. The number of rotatable bonds is 4. The summed E-state index contributed by atoms with van der Waals surface area (Å²) in [7, 11) is 2.17. The Kier molecular flexibility index (Phi) is 4.65. The first kappa shape index (κ1) is 12.6. The smallest absolute Gasteiger partial charge is 0.0407 e. The van der Waals surface area contributed by atoms with E-state index in [1.807, 2.05) is 0 Å². The summed E-state index contributed by atoms with van der Waals surface area (Å²) >= 11 is 3.54. The zero-order valence-corrected chi connectivity index (χ0v) is 11.6. The molecule has 0 aromatic heterocycles. The van der Waals surface area contributed by atoms with Crippen LogP contribution in [0.1, 0.15) is 26.3 Å². The van der Waals surface area contributed by atoms with Gasteiger partial charge in [0.25, 0.3) is 0 Å². The van der Waals surface area contributed by atoms with Crippen molar-refractivity contribution in [2.24, 2.45) is 5.92 Å². The fourth-order valence-electron chi connectivity index (χ4n) is 1.63. The maximum Gasteiger partial charge on any atom is 0.0407 e. The van der Waals surface area contributed by atoms with Gasteiger partial charge < -0.3 is 4.90 Å². The van der Waals surface area contributed by atoms with Gasteiger partial charge in [-0.25, -0.2) is 0 Å². The lowest BCUT2D eigenvalue weighted by Gasteiger charge is -2.31. The topological polar surface area (TPSA) is 3.24 Å². The van der Waals surface area contributed by atoms with Gasteiger partial charge in [-0.15, -0.1) is 0 Å². The van der Waals surface area contributed by atoms with Crippen molar-refractivity contribution in [3.8, 4) is 0 Å². The third-order valence-electron chi connectivity index (χ3n) is 3.09. The molecule has 1 aromatic carbocycles. The molecule has 2 heteroatoms. The molecule has 0 saturated heterocycles. The average Bonchev–Trinajstić information content (AvgIpc) is 2.26. The fraction of sp³-hybridized carbons (Fsp3) is 0.538. The summed E-state index contributed by atoms with van der Waals surface area (Å²) in [6.45, 7) is 6.80. The minimum Gasteiger partial charge on any atom is -0.371 e. The van der Waals surface area contributed by atoms with Gasteiger partial charge in [0.05, 0.1) is 0 Å². The molecule has 0 aliphatic carbocycles. The van der Waals surface area contributed by atoms with Crippen LogP contribution in [-0.4, -0.2) is 13.1 Å². The summed E-state index contributed by atoms with van der Waals surface area (Å²) in [5.41, 5.74) is 2.68. The molecule has 0 amide bonds. The van der Waals surface area contributed by atoms with Gasteiger partial charge in [0.1, 0.15) is 0 Å². The quantitative estimate of drug-likeness (QED) is 0.746. The predicted octanol–water partition coefficient (Wildman–Crippen LogP) is 4.06. The maximum absolute atomic E-state index is 3.54. The van der Waals surface area contributed by atoms with Gasteiger partial charge in [-0.3, -0.25) is 0 Å². The molecule has 1 nitrogen and oxygen atoms in total. The van der Waals surface area contributed by atoms with Crippen molar-refractivity contribution in [2.75, 3.05) is 11.9 Å². The molecule has 1 atom stereocenters. The monoisotopic (exact) mass is 269 g/mol. The normalized spacial score (nSPS) is 12.9. The highest BCUT2D eigenvalue weighted by atomic mass is 79.9. The summed E-state index contributed by atoms with van der Waals surface area (Å²) < 4.78 is 0. The van der Waals surface area contributed by atoms with Gasteiger partial charge in [0.2, 0.25) is 0 Å². The molecule has 0 N–H and O–H groups in total. The van der Waals surface area contributed by atoms with Crippen molar-refractivity contribution in [1.29, 1.82) is 0 Å². The highest BCUT2D eigenvalue weighted by molar-refractivity contribution is 9.08. The van der Waals surface area contributed by atoms with Crippen molar-refractivity contribution < 1.29 is 0 Å². The van der Waals surface area contributed by atoms with Crippen LogP contribution in [-0.2, 0) is 5.33 Å². The van der Waals surface area contributed by atoms with E-state index in [-0.39, 0.29) is 0 Å². The molecule has 0 fully saturated rings. The van der Waals surface area contributed by atoms with E-state index in [0.29, 0.717) is 12.0 Å². The maximum atomic E-state index is 3.54. The molecule has 1 aromatic rings. The molecular formula is C13H20BrN. The first-order chi connectivity index (χ1) is 7.07. The Balaban J connectivity index is 2.94. The number of para-hydroxylation sites is 1. The van der Waals surface area contributed by atoms with E-state index in [4.69, 9.17) is 0 Å². The number of alkyl halides is 1. The molecular weight excluding hydrogens is 250 g/mol. The Morgan fingerprint density at radius 2 is 1.80 bits per heavy atom. The first-order valence-electron chi connectivity index (χ1n) is 5.44. The molecule has 0 radical (unpaired) electrons. The highest BCUT2D eigenvalue weighted by Crippen LogP contribution is 2.25. The van der Waals surface area contributed by atoms with E-state index in [1.165, 1.54) is 11.3 Å². The minimum absolute atomic E-state index is 0.560. The molecule has 0 aliphatic heterocycles. The molecule has 15 heavy (non-hydrogen) atoms. The van der Waals surface area contributed by atoms with Crippen LogP contribution in [0.15, 0.2) is 24.3 Å². The van der Waals surface area contributed by atoms with Crippen LogP contribution in [0.2, 0.25) is 0 Å². The second-order valence-electron chi connectivity index (χ2n) is 4.36. The van der Waals surface area contributed by atoms with E-state index in [1.54, 1.807) is 0 Å². The van der Waals surface area contributed by atoms with Crippen molar-refractivity contribution in [2.45, 2.75) is 32.1 Å². The Morgan fingerprint density at radius 1 is 1.20 bits per heavy atom. The summed E-state index contributed by atoms with van der Waals surface area (Å²) in [6, 6.07) is 9.12. The van der Waals surface area contributed by atoms with Gasteiger partial charge in [0.15, 0.2) is 0 Å². The number of hydrogen-bond donors (Lipinski definition) is 0. The van der Waals surface area contributed by atoms with Gasteiger partial charge in [-0.05, 0) is 24.5 Å². The number of anilines is 1. The summed E-state index contributed by atoms with van der Waals surface area (Å²) in [4.78, 5) is 2.36. The molecule has 0 bridgehead atoms. The van der Waals surface area contributed by atoms with Crippen molar-refractivity contribution in [1.82, 2.24) is 0 Å². The van der Waals surface area contributed by atoms with Gasteiger partial charge in [-0.1, -0.05) is 48.0 Å². The molecule has 1 rings (SSSR count). The zero-order valence-electron chi connectivity index (χ0n) is 10.00.